The van der Waals surface area contributed by atoms with Crippen molar-refractivity contribution in [3.63, 3.8) is 0 Å². The van der Waals surface area contributed by atoms with Crippen molar-refractivity contribution in [1.29, 1.82) is 0 Å². The lowest BCUT2D eigenvalue weighted by molar-refractivity contribution is -0.137. The Balaban J connectivity index is 2.28. The maximum atomic E-state index is 12.7. The smallest absolute Gasteiger partial charge is 0.382 e. The standard InChI is InChI=1S/C14H18F3NO/c1-3-13(9-19-2)7-6-10-8-11(14(15,16)17)4-5-12(10)18-13/h4-5,8,18H,3,6-7,9H2,1-2H3. The second-order valence-corrected chi connectivity index (χ2v) is 5.06. The second kappa shape index (κ2) is 5.04. The molecule has 0 aliphatic carbocycles. The van der Waals surface area contributed by atoms with E-state index in [1.54, 1.807) is 7.11 Å². The molecule has 1 aliphatic heterocycles. The molecule has 1 N–H and O–H groups in total. The van der Waals surface area contributed by atoms with Crippen LogP contribution in [0.1, 0.15) is 30.9 Å². The lowest BCUT2D eigenvalue weighted by Gasteiger charge is -2.39. The Morgan fingerprint density at radius 1 is 1.37 bits per heavy atom. The van der Waals surface area contributed by atoms with Gasteiger partial charge in [0.05, 0.1) is 17.7 Å². The molecule has 2 rings (SSSR count). The SMILES string of the molecule is CCC1(COC)CCc2cc(C(F)(F)F)ccc2N1. The summed E-state index contributed by atoms with van der Waals surface area (Å²) < 4.78 is 43.2. The molecule has 106 valence electrons. The summed E-state index contributed by atoms with van der Waals surface area (Å²) in [6.07, 6.45) is -1.97. The molecule has 0 aromatic heterocycles. The largest absolute Gasteiger partial charge is 0.416 e. The van der Waals surface area contributed by atoms with E-state index in [1.807, 2.05) is 0 Å². The Hall–Kier alpha value is -1.23. The first-order valence-electron chi connectivity index (χ1n) is 6.37. The van der Waals surface area contributed by atoms with Crippen molar-refractivity contribution < 1.29 is 17.9 Å². The molecule has 1 aliphatic rings. The molecule has 1 atom stereocenters. The van der Waals surface area contributed by atoms with Crippen LogP contribution in [0.5, 0.6) is 0 Å². The third-order valence-corrected chi connectivity index (χ3v) is 3.80. The number of anilines is 1. The van der Waals surface area contributed by atoms with Crippen molar-refractivity contribution in [1.82, 2.24) is 0 Å². The fourth-order valence-electron chi connectivity index (χ4n) is 2.57. The first-order valence-corrected chi connectivity index (χ1v) is 6.37. The summed E-state index contributed by atoms with van der Waals surface area (Å²) in [6, 6.07) is 3.90. The predicted octanol–water partition coefficient (Wildman–Crippen LogP) is 3.86. The van der Waals surface area contributed by atoms with Gasteiger partial charge in [-0.15, -0.1) is 0 Å². The van der Waals surface area contributed by atoms with Gasteiger partial charge < -0.3 is 10.1 Å². The molecule has 1 heterocycles. The number of alkyl halides is 3. The fourth-order valence-corrected chi connectivity index (χ4v) is 2.57. The quantitative estimate of drug-likeness (QED) is 0.903. The van der Waals surface area contributed by atoms with Gasteiger partial charge in [-0.25, -0.2) is 0 Å². The van der Waals surface area contributed by atoms with Crippen molar-refractivity contribution >= 4 is 5.69 Å². The summed E-state index contributed by atoms with van der Waals surface area (Å²) in [5, 5.41) is 3.35. The molecule has 0 amide bonds. The Morgan fingerprint density at radius 3 is 2.68 bits per heavy atom. The monoisotopic (exact) mass is 273 g/mol. The molecule has 0 radical (unpaired) electrons. The summed E-state index contributed by atoms with van der Waals surface area (Å²) in [5.41, 5.74) is 0.776. The molecule has 1 aromatic rings. The van der Waals surface area contributed by atoms with Gasteiger partial charge in [-0.05, 0) is 43.0 Å². The summed E-state index contributed by atoms with van der Waals surface area (Å²) in [7, 11) is 1.64. The van der Waals surface area contributed by atoms with E-state index >= 15 is 0 Å². The zero-order valence-corrected chi connectivity index (χ0v) is 11.1. The molecular formula is C14H18F3NO. The highest BCUT2D eigenvalue weighted by Gasteiger charge is 2.35. The van der Waals surface area contributed by atoms with Crippen molar-refractivity contribution in [2.24, 2.45) is 0 Å². The molecular weight excluding hydrogens is 255 g/mol. The molecule has 1 unspecified atom stereocenters. The maximum absolute atomic E-state index is 12.7. The molecule has 0 saturated heterocycles. The van der Waals surface area contributed by atoms with Gasteiger partial charge in [-0.1, -0.05) is 6.92 Å². The zero-order chi connectivity index (χ0) is 14.1. The maximum Gasteiger partial charge on any atom is 0.416 e. The number of nitrogens with one attached hydrogen (secondary N) is 1. The fraction of sp³-hybridized carbons (Fsp3) is 0.571. The van der Waals surface area contributed by atoms with E-state index in [0.29, 0.717) is 13.0 Å². The lowest BCUT2D eigenvalue weighted by Crippen LogP contribution is -2.45. The average molecular weight is 273 g/mol. The number of hydrogen-bond acceptors (Lipinski definition) is 2. The van der Waals surface area contributed by atoms with Crippen LogP contribution >= 0.6 is 0 Å². The van der Waals surface area contributed by atoms with Crippen LogP contribution in [0.25, 0.3) is 0 Å². The van der Waals surface area contributed by atoms with Gasteiger partial charge >= 0.3 is 6.18 Å². The van der Waals surface area contributed by atoms with Crippen molar-refractivity contribution in [2.45, 2.75) is 37.9 Å². The van der Waals surface area contributed by atoms with Crippen LogP contribution in [0.4, 0.5) is 18.9 Å². The number of benzene rings is 1. The summed E-state index contributed by atoms with van der Waals surface area (Å²) in [5.74, 6) is 0. The Morgan fingerprint density at radius 2 is 2.11 bits per heavy atom. The van der Waals surface area contributed by atoms with E-state index in [-0.39, 0.29) is 5.54 Å². The van der Waals surface area contributed by atoms with Crippen molar-refractivity contribution in [3.05, 3.63) is 29.3 Å². The van der Waals surface area contributed by atoms with E-state index in [0.717, 1.165) is 30.2 Å². The number of fused-ring (bicyclic) bond motifs is 1. The Labute approximate surface area is 111 Å². The first kappa shape index (κ1) is 14.2. The van der Waals surface area contributed by atoms with E-state index in [9.17, 15) is 13.2 Å². The Bertz CT molecular complexity index is 458. The molecule has 2 nitrogen and oxygen atoms in total. The average Bonchev–Trinajstić information content (AvgIpc) is 2.37. The van der Waals surface area contributed by atoms with Gasteiger partial charge in [-0.2, -0.15) is 13.2 Å². The zero-order valence-electron chi connectivity index (χ0n) is 11.1. The van der Waals surface area contributed by atoms with Gasteiger partial charge in [0.25, 0.3) is 0 Å². The highest BCUT2D eigenvalue weighted by molar-refractivity contribution is 5.57. The van der Waals surface area contributed by atoms with E-state index in [2.05, 4.69) is 12.2 Å². The number of rotatable bonds is 3. The van der Waals surface area contributed by atoms with Gasteiger partial charge in [0.1, 0.15) is 0 Å². The van der Waals surface area contributed by atoms with Crippen molar-refractivity contribution in [2.75, 3.05) is 19.0 Å². The number of methoxy groups -OCH3 is 1. The summed E-state index contributed by atoms with van der Waals surface area (Å²) >= 11 is 0. The van der Waals surface area contributed by atoms with Crippen LogP contribution in [0, 0.1) is 0 Å². The van der Waals surface area contributed by atoms with Gasteiger partial charge in [0, 0.05) is 12.8 Å². The molecule has 1 aromatic carbocycles. The number of ether oxygens (including phenoxy) is 1. The number of halogens is 3. The lowest BCUT2D eigenvalue weighted by atomic mass is 9.84. The minimum atomic E-state index is -4.28. The highest BCUT2D eigenvalue weighted by atomic mass is 19.4. The molecule has 5 heteroatoms. The van der Waals surface area contributed by atoms with E-state index in [4.69, 9.17) is 4.74 Å². The van der Waals surface area contributed by atoms with Crippen LogP contribution in [-0.4, -0.2) is 19.3 Å². The molecule has 0 bridgehead atoms. The minimum absolute atomic E-state index is 0.165. The predicted molar refractivity (Wildman–Crippen MR) is 68.3 cm³/mol. The highest BCUT2D eigenvalue weighted by Crippen LogP contribution is 2.37. The summed E-state index contributed by atoms with van der Waals surface area (Å²) in [6.45, 7) is 2.62. The van der Waals surface area contributed by atoms with Crippen molar-refractivity contribution in [3.8, 4) is 0 Å². The van der Waals surface area contributed by atoms with Gasteiger partial charge in [0.15, 0.2) is 0 Å². The topological polar surface area (TPSA) is 21.3 Å². The summed E-state index contributed by atoms with van der Waals surface area (Å²) in [4.78, 5) is 0. The second-order valence-electron chi connectivity index (χ2n) is 5.06. The van der Waals surface area contributed by atoms with Crippen LogP contribution in [0.15, 0.2) is 18.2 Å². The molecule has 19 heavy (non-hydrogen) atoms. The van der Waals surface area contributed by atoms with Crippen LogP contribution < -0.4 is 5.32 Å². The molecule has 0 saturated carbocycles. The van der Waals surface area contributed by atoms with Crippen LogP contribution in [0.2, 0.25) is 0 Å². The van der Waals surface area contributed by atoms with E-state index in [1.165, 1.54) is 12.1 Å². The van der Waals surface area contributed by atoms with E-state index < -0.39 is 11.7 Å². The Kier molecular flexibility index (Phi) is 3.76. The third-order valence-electron chi connectivity index (χ3n) is 3.80. The number of hydrogen-bond donors (Lipinski definition) is 1. The normalized spacial score (nSPS) is 22.8. The molecule has 0 fully saturated rings. The minimum Gasteiger partial charge on any atom is -0.382 e. The van der Waals surface area contributed by atoms with Gasteiger partial charge in [-0.3, -0.25) is 0 Å². The first-order chi connectivity index (χ1) is 8.90. The number of aryl methyl sites for hydroxylation is 1. The van der Waals surface area contributed by atoms with Crippen LogP contribution in [0.3, 0.4) is 0 Å². The third kappa shape index (κ3) is 2.86. The van der Waals surface area contributed by atoms with Gasteiger partial charge in [0.2, 0.25) is 0 Å². The van der Waals surface area contributed by atoms with Crippen LogP contribution in [-0.2, 0) is 17.3 Å². The molecule has 0 spiro atoms.